The minimum atomic E-state index is -1.10. The second-order valence-electron chi connectivity index (χ2n) is 11.7. The normalized spacial score (nSPS) is 13.1. The van der Waals surface area contributed by atoms with E-state index in [2.05, 4.69) is 15.6 Å². The quantitative estimate of drug-likeness (QED) is 0.211. The molecule has 12 nitrogen and oxygen atoms in total. The first-order valence-corrected chi connectivity index (χ1v) is 15.8. The Morgan fingerprint density at radius 2 is 1.63 bits per heavy atom. The van der Waals surface area contributed by atoms with Crippen molar-refractivity contribution in [2.75, 3.05) is 44.5 Å². The summed E-state index contributed by atoms with van der Waals surface area (Å²) in [7, 11) is 0. The molecule has 1 unspecified atom stereocenters. The van der Waals surface area contributed by atoms with Gasteiger partial charge >= 0.3 is 0 Å². The number of carbonyl (C=O) groups is 3. The number of hydrogen-bond donors (Lipinski definition) is 2. The minimum absolute atomic E-state index is 0.00219. The first kappa shape index (κ1) is 34.9. The topological polar surface area (TPSA) is 145 Å². The Morgan fingerprint density at radius 1 is 0.891 bits per heavy atom. The van der Waals surface area contributed by atoms with Gasteiger partial charge in [0.15, 0.2) is 6.23 Å². The smallest absolute Gasteiger partial charge is 0.227 e. The predicted octanol–water partition coefficient (Wildman–Crippen LogP) is 3.92. The average molecular weight is 636 g/mol. The van der Waals surface area contributed by atoms with E-state index >= 15 is 0 Å². The molecule has 0 bridgehead atoms. The summed E-state index contributed by atoms with van der Waals surface area (Å²) in [5, 5.41) is 22.7. The SMILES string of the molecule is CC(C)OCCOCC(O)n1nnc2c1-c1ccccc1CN(C(=O)CCC(=O)NCCOCCC(=O)C(C)C)c1ccccc1-2. The Hall–Kier alpha value is -3.97. The van der Waals surface area contributed by atoms with Crippen molar-refractivity contribution in [1.82, 2.24) is 20.3 Å². The molecule has 248 valence electrons. The number of rotatable bonds is 17. The first-order chi connectivity index (χ1) is 22.2. The van der Waals surface area contributed by atoms with Gasteiger partial charge in [-0.05, 0) is 25.5 Å². The van der Waals surface area contributed by atoms with E-state index in [1.54, 1.807) is 4.90 Å². The van der Waals surface area contributed by atoms with Gasteiger partial charge < -0.3 is 29.5 Å². The summed E-state index contributed by atoms with van der Waals surface area (Å²) in [6, 6.07) is 15.1. The largest absolute Gasteiger partial charge is 0.379 e. The number of carbonyl (C=O) groups excluding carboxylic acids is 3. The number of nitrogens with zero attached hydrogens (tertiary/aromatic N) is 4. The number of ketones is 1. The summed E-state index contributed by atoms with van der Waals surface area (Å²) in [6.45, 7) is 9.49. The summed E-state index contributed by atoms with van der Waals surface area (Å²) in [4.78, 5) is 39.6. The zero-order chi connectivity index (χ0) is 33.1. The second kappa shape index (κ2) is 17.1. The van der Waals surface area contributed by atoms with Crippen molar-refractivity contribution < 1.29 is 33.7 Å². The number of amides is 2. The Morgan fingerprint density at radius 3 is 2.39 bits per heavy atom. The molecule has 2 N–H and O–H groups in total. The lowest BCUT2D eigenvalue weighted by molar-refractivity contribution is -0.125. The van der Waals surface area contributed by atoms with Crippen LogP contribution in [0.15, 0.2) is 48.5 Å². The first-order valence-electron chi connectivity index (χ1n) is 15.8. The minimum Gasteiger partial charge on any atom is -0.379 e. The maximum Gasteiger partial charge on any atom is 0.227 e. The van der Waals surface area contributed by atoms with Gasteiger partial charge in [-0.3, -0.25) is 14.4 Å². The van der Waals surface area contributed by atoms with Crippen LogP contribution in [0.2, 0.25) is 0 Å². The van der Waals surface area contributed by atoms with Crippen LogP contribution >= 0.6 is 0 Å². The molecular formula is C34H45N5O7. The Kier molecular flexibility index (Phi) is 13.0. The molecule has 2 aromatic carbocycles. The molecule has 2 heterocycles. The maximum absolute atomic E-state index is 13.7. The van der Waals surface area contributed by atoms with Crippen molar-refractivity contribution in [1.29, 1.82) is 0 Å². The number of anilines is 1. The number of fused-ring (bicyclic) bond motifs is 5. The molecule has 12 heteroatoms. The van der Waals surface area contributed by atoms with Crippen LogP contribution in [0.1, 0.15) is 58.7 Å². The van der Waals surface area contributed by atoms with Gasteiger partial charge in [0.2, 0.25) is 11.8 Å². The molecule has 0 saturated carbocycles. The van der Waals surface area contributed by atoms with E-state index in [0.717, 1.165) is 11.1 Å². The van der Waals surface area contributed by atoms with E-state index in [9.17, 15) is 19.5 Å². The number of aromatic nitrogens is 3. The molecule has 1 aliphatic heterocycles. The van der Waals surface area contributed by atoms with E-state index < -0.39 is 6.23 Å². The fraction of sp³-hybridized carbons (Fsp3) is 0.500. The van der Waals surface area contributed by atoms with Crippen molar-refractivity contribution in [3.63, 3.8) is 0 Å². The lowest BCUT2D eigenvalue weighted by Gasteiger charge is -2.29. The van der Waals surface area contributed by atoms with Crippen LogP contribution < -0.4 is 10.2 Å². The Balaban J connectivity index is 1.45. The fourth-order valence-corrected chi connectivity index (χ4v) is 5.08. The van der Waals surface area contributed by atoms with E-state index in [-0.39, 0.29) is 62.2 Å². The van der Waals surface area contributed by atoms with Crippen molar-refractivity contribution in [3.8, 4) is 22.5 Å². The third-order valence-electron chi connectivity index (χ3n) is 7.55. The number of benzene rings is 2. The highest BCUT2D eigenvalue weighted by Gasteiger charge is 2.30. The Bertz CT molecular complexity index is 1470. The summed E-state index contributed by atoms with van der Waals surface area (Å²) in [5.41, 5.74) is 4.09. The predicted molar refractivity (Wildman–Crippen MR) is 173 cm³/mol. The molecule has 0 spiro atoms. The van der Waals surface area contributed by atoms with Gasteiger partial charge in [-0.25, -0.2) is 4.68 Å². The van der Waals surface area contributed by atoms with Gasteiger partial charge in [0.1, 0.15) is 17.2 Å². The molecule has 0 aliphatic carbocycles. The van der Waals surface area contributed by atoms with Crippen LogP contribution in [0.5, 0.6) is 0 Å². The number of para-hydroxylation sites is 1. The second-order valence-corrected chi connectivity index (χ2v) is 11.7. The average Bonchev–Trinajstić information content (AvgIpc) is 3.47. The number of hydrogen-bond acceptors (Lipinski definition) is 9. The highest BCUT2D eigenvalue weighted by Crippen LogP contribution is 2.41. The third-order valence-corrected chi connectivity index (χ3v) is 7.55. The van der Waals surface area contributed by atoms with E-state index in [4.69, 9.17) is 14.2 Å². The number of aliphatic hydroxyl groups excluding tert-OH is 1. The number of Topliss-reactive ketones (excluding diaryl/α,β-unsaturated/α-hetero) is 1. The van der Waals surface area contributed by atoms with Crippen LogP contribution in [-0.2, 0) is 35.1 Å². The molecule has 0 radical (unpaired) electrons. The molecule has 4 rings (SSSR count). The van der Waals surface area contributed by atoms with Crippen LogP contribution in [0.3, 0.4) is 0 Å². The van der Waals surface area contributed by atoms with Gasteiger partial charge in [-0.1, -0.05) is 61.5 Å². The van der Waals surface area contributed by atoms with Crippen LogP contribution in [0.25, 0.3) is 22.5 Å². The van der Waals surface area contributed by atoms with Crippen LogP contribution in [-0.4, -0.2) is 83.4 Å². The lowest BCUT2D eigenvalue weighted by atomic mass is 9.95. The zero-order valence-electron chi connectivity index (χ0n) is 27.1. The zero-order valence-corrected chi connectivity index (χ0v) is 27.1. The van der Waals surface area contributed by atoms with Crippen LogP contribution in [0, 0.1) is 5.92 Å². The van der Waals surface area contributed by atoms with Crippen LogP contribution in [0.4, 0.5) is 5.69 Å². The number of nitrogens with one attached hydrogen (secondary N) is 1. The molecule has 3 aromatic rings. The number of aliphatic hydroxyl groups is 1. The summed E-state index contributed by atoms with van der Waals surface area (Å²) >= 11 is 0. The molecule has 46 heavy (non-hydrogen) atoms. The summed E-state index contributed by atoms with van der Waals surface area (Å²) in [5.74, 6) is -0.353. The van der Waals surface area contributed by atoms with Gasteiger partial charge in [0.25, 0.3) is 0 Å². The maximum atomic E-state index is 13.7. The fourth-order valence-electron chi connectivity index (χ4n) is 5.08. The molecule has 1 aliphatic rings. The standard InChI is InChI=1S/C34H45N5O7/c1-23(2)29(40)15-17-44-18-16-35-30(41)13-14-31(42)38-21-25-9-5-6-10-26(25)34-33(27-11-7-8-12-28(27)38)36-37-39(34)32(43)22-45-19-20-46-24(3)4/h5-12,23-24,32,43H,13-22H2,1-4H3,(H,35,41). The van der Waals surface area contributed by atoms with Gasteiger partial charge in [-0.15, -0.1) is 5.10 Å². The van der Waals surface area contributed by atoms with Gasteiger partial charge in [-0.2, -0.15) is 0 Å². The summed E-state index contributed by atoms with van der Waals surface area (Å²) in [6.07, 6.45) is -0.642. The van der Waals surface area contributed by atoms with Crippen molar-refractivity contribution in [2.24, 2.45) is 5.92 Å². The molecule has 1 aromatic heterocycles. The molecular weight excluding hydrogens is 590 g/mol. The molecule has 0 fully saturated rings. The third kappa shape index (κ3) is 9.29. The highest BCUT2D eigenvalue weighted by molar-refractivity contribution is 6.01. The van der Waals surface area contributed by atoms with Crippen molar-refractivity contribution in [3.05, 3.63) is 54.1 Å². The Labute approximate surface area is 270 Å². The molecule has 1 atom stereocenters. The molecule has 0 saturated heterocycles. The van der Waals surface area contributed by atoms with Gasteiger partial charge in [0.05, 0.1) is 51.4 Å². The van der Waals surface area contributed by atoms with E-state index in [1.807, 2.05) is 76.2 Å². The molecule has 2 amide bonds. The summed E-state index contributed by atoms with van der Waals surface area (Å²) < 4.78 is 18.1. The van der Waals surface area contributed by atoms with Gasteiger partial charge in [0, 0.05) is 42.9 Å². The lowest BCUT2D eigenvalue weighted by Crippen LogP contribution is -2.34. The highest BCUT2D eigenvalue weighted by atomic mass is 16.5. The number of ether oxygens (including phenoxy) is 3. The van der Waals surface area contributed by atoms with Crippen molar-refractivity contribution >= 4 is 23.3 Å². The monoisotopic (exact) mass is 635 g/mol. The van der Waals surface area contributed by atoms with E-state index in [0.29, 0.717) is 55.4 Å². The van der Waals surface area contributed by atoms with E-state index in [1.165, 1.54) is 4.68 Å². The van der Waals surface area contributed by atoms with Crippen molar-refractivity contribution in [2.45, 2.75) is 65.8 Å².